The number of thiophene rings is 1. The zero-order valence-electron chi connectivity index (χ0n) is 6.71. The molecule has 1 aromatic heterocycles. The van der Waals surface area contributed by atoms with E-state index in [0.717, 1.165) is 6.04 Å². The Morgan fingerprint density at radius 2 is 2.45 bits per heavy atom. The van der Waals surface area contributed by atoms with Crippen molar-refractivity contribution in [1.82, 2.24) is 5.32 Å². The quantitative estimate of drug-likeness (QED) is 0.729. The van der Waals surface area contributed by atoms with E-state index in [1.54, 1.807) is 11.3 Å². The summed E-state index contributed by atoms with van der Waals surface area (Å²) >= 11 is 1.78. The zero-order valence-corrected chi connectivity index (χ0v) is 7.53. The molecule has 0 spiro atoms. The molecule has 0 bridgehead atoms. The summed E-state index contributed by atoms with van der Waals surface area (Å²) in [4.78, 5) is 0. The maximum absolute atomic E-state index is 3.56. The number of nitrogens with one attached hydrogen (secondary N) is 1. The first kappa shape index (κ1) is 7.32. The van der Waals surface area contributed by atoms with Crippen LogP contribution >= 0.6 is 11.3 Å². The molecule has 0 amide bonds. The van der Waals surface area contributed by atoms with Gasteiger partial charge in [0.1, 0.15) is 0 Å². The van der Waals surface area contributed by atoms with E-state index >= 15 is 0 Å². The second-order valence-corrected chi connectivity index (χ2v) is 4.00. The molecule has 1 heterocycles. The van der Waals surface area contributed by atoms with Crippen LogP contribution in [0.1, 0.15) is 31.4 Å². The molecule has 2 heteroatoms. The molecular weight excluding hydrogens is 154 g/mol. The van der Waals surface area contributed by atoms with Crippen molar-refractivity contribution in [3.63, 3.8) is 0 Å². The molecule has 0 saturated heterocycles. The largest absolute Gasteiger partial charge is 0.307 e. The molecule has 1 aliphatic rings. The Balaban J connectivity index is 1.93. The normalized spacial score (nSPS) is 20.1. The fourth-order valence-corrected chi connectivity index (χ4v) is 1.98. The van der Waals surface area contributed by atoms with Crippen molar-refractivity contribution in [2.75, 3.05) is 0 Å². The average Bonchev–Trinajstić information content (AvgIpc) is 2.67. The summed E-state index contributed by atoms with van der Waals surface area (Å²) in [6.07, 6.45) is 2.74. The van der Waals surface area contributed by atoms with Crippen molar-refractivity contribution in [2.24, 2.45) is 0 Å². The molecule has 2 rings (SSSR count). The van der Waals surface area contributed by atoms with E-state index in [1.807, 2.05) is 0 Å². The highest BCUT2D eigenvalue weighted by molar-refractivity contribution is 7.07. The molecule has 1 aromatic rings. The predicted octanol–water partition coefficient (Wildman–Crippen LogP) is 2.56. The van der Waals surface area contributed by atoms with Crippen molar-refractivity contribution < 1.29 is 0 Å². The summed E-state index contributed by atoms with van der Waals surface area (Å²) in [5.41, 5.74) is 1.43. The third-order valence-corrected chi connectivity index (χ3v) is 2.81. The van der Waals surface area contributed by atoms with E-state index in [1.165, 1.54) is 18.4 Å². The minimum atomic E-state index is 0.550. The first-order chi connectivity index (χ1) is 5.36. The average molecular weight is 167 g/mol. The Labute approximate surface area is 71.4 Å². The van der Waals surface area contributed by atoms with E-state index < -0.39 is 0 Å². The Bertz CT molecular complexity index is 213. The van der Waals surface area contributed by atoms with Crippen molar-refractivity contribution in [1.29, 1.82) is 0 Å². The van der Waals surface area contributed by atoms with Gasteiger partial charge in [-0.15, -0.1) is 0 Å². The molecule has 1 aliphatic carbocycles. The highest BCUT2D eigenvalue weighted by Gasteiger charge is 2.23. The molecule has 0 radical (unpaired) electrons. The molecule has 0 aromatic carbocycles. The van der Waals surface area contributed by atoms with Gasteiger partial charge in [-0.2, -0.15) is 11.3 Å². The van der Waals surface area contributed by atoms with Crippen LogP contribution in [0.15, 0.2) is 16.8 Å². The van der Waals surface area contributed by atoms with E-state index in [0.29, 0.717) is 6.04 Å². The lowest BCUT2D eigenvalue weighted by atomic mass is 10.2. The number of hydrogen-bond donors (Lipinski definition) is 1. The fraction of sp³-hybridized carbons (Fsp3) is 0.556. The second kappa shape index (κ2) is 2.95. The van der Waals surface area contributed by atoms with Crippen LogP contribution in [-0.4, -0.2) is 6.04 Å². The van der Waals surface area contributed by atoms with Crippen molar-refractivity contribution in [3.8, 4) is 0 Å². The van der Waals surface area contributed by atoms with Crippen molar-refractivity contribution in [2.45, 2.75) is 31.8 Å². The van der Waals surface area contributed by atoms with Gasteiger partial charge in [0.25, 0.3) is 0 Å². The molecule has 11 heavy (non-hydrogen) atoms. The van der Waals surface area contributed by atoms with Crippen LogP contribution in [0.3, 0.4) is 0 Å². The SMILES string of the molecule is CC(NC1CC1)c1ccsc1. The Kier molecular flexibility index (Phi) is 1.96. The van der Waals surface area contributed by atoms with Crippen LogP contribution in [0.5, 0.6) is 0 Å². The zero-order chi connectivity index (χ0) is 7.68. The van der Waals surface area contributed by atoms with E-state index in [-0.39, 0.29) is 0 Å². The smallest absolute Gasteiger partial charge is 0.0302 e. The van der Waals surface area contributed by atoms with Crippen LogP contribution in [0, 0.1) is 0 Å². The maximum Gasteiger partial charge on any atom is 0.0302 e. The van der Waals surface area contributed by atoms with Crippen LogP contribution in [-0.2, 0) is 0 Å². The standard InChI is InChI=1S/C9H13NS/c1-7(10-9-2-3-9)8-4-5-11-6-8/h4-7,9-10H,2-3H2,1H3. The maximum atomic E-state index is 3.56. The van der Waals surface area contributed by atoms with Crippen molar-refractivity contribution >= 4 is 11.3 Å². The highest BCUT2D eigenvalue weighted by atomic mass is 32.1. The third-order valence-electron chi connectivity index (χ3n) is 2.11. The molecular formula is C9H13NS. The molecule has 1 atom stereocenters. The number of rotatable bonds is 3. The summed E-state index contributed by atoms with van der Waals surface area (Å²) in [5.74, 6) is 0. The summed E-state index contributed by atoms with van der Waals surface area (Å²) in [5, 5.41) is 7.92. The second-order valence-electron chi connectivity index (χ2n) is 3.22. The Morgan fingerprint density at radius 1 is 1.64 bits per heavy atom. The van der Waals surface area contributed by atoms with E-state index in [9.17, 15) is 0 Å². The van der Waals surface area contributed by atoms with Gasteiger partial charge in [0.05, 0.1) is 0 Å². The van der Waals surface area contributed by atoms with Crippen LogP contribution in [0.25, 0.3) is 0 Å². The number of hydrogen-bond acceptors (Lipinski definition) is 2. The van der Waals surface area contributed by atoms with Gasteiger partial charge in [0, 0.05) is 12.1 Å². The molecule has 1 N–H and O–H groups in total. The third kappa shape index (κ3) is 1.82. The Morgan fingerprint density at radius 3 is 3.00 bits per heavy atom. The lowest BCUT2D eigenvalue weighted by molar-refractivity contribution is 0.572. The molecule has 1 unspecified atom stereocenters. The van der Waals surface area contributed by atoms with Crippen molar-refractivity contribution in [3.05, 3.63) is 22.4 Å². The summed E-state index contributed by atoms with van der Waals surface area (Å²) < 4.78 is 0. The van der Waals surface area contributed by atoms with E-state index in [2.05, 4.69) is 29.1 Å². The lowest BCUT2D eigenvalue weighted by Crippen LogP contribution is -2.19. The van der Waals surface area contributed by atoms with Gasteiger partial charge < -0.3 is 5.32 Å². The molecule has 1 fully saturated rings. The summed E-state index contributed by atoms with van der Waals surface area (Å²) in [6.45, 7) is 2.24. The minimum absolute atomic E-state index is 0.550. The molecule has 0 aliphatic heterocycles. The van der Waals surface area contributed by atoms with Gasteiger partial charge in [-0.05, 0) is 42.2 Å². The van der Waals surface area contributed by atoms with E-state index in [4.69, 9.17) is 0 Å². The van der Waals surface area contributed by atoms with Gasteiger partial charge in [-0.1, -0.05) is 0 Å². The summed E-state index contributed by atoms with van der Waals surface area (Å²) in [7, 11) is 0. The topological polar surface area (TPSA) is 12.0 Å². The first-order valence-corrected chi connectivity index (χ1v) is 5.08. The first-order valence-electron chi connectivity index (χ1n) is 4.14. The molecule has 60 valence electrons. The molecule has 1 nitrogen and oxygen atoms in total. The fourth-order valence-electron chi connectivity index (χ4n) is 1.22. The Hall–Kier alpha value is -0.340. The van der Waals surface area contributed by atoms with Gasteiger partial charge in [0.2, 0.25) is 0 Å². The van der Waals surface area contributed by atoms with Crippen LogP contribution < -0.4 is 5.32 Å². The minimum Gasteiger partial charge on any atom is -0.307 e. The van der Waals surface area contributed by atoms with Gasteiger partial charge in [-0.25, -0.2) is 0 Å². The predicted molar refractivity (Wildman–Crippen MR) is 48.9 cm³/mol. The molecule has 1 saturated carbocycles. The van der Waals surface area contributed by atoms with Gasteiger partial charge >= 0.3 is 0 Å². The van der Waals surface area contributed by atoms with Crippen LogP contribution in [0.2, 0.25) is 0 Å². The van der Waals surface area contributed by atoms with Gasteiger partial charge in [-0.3, -0.25) is 0 Å². The highest BCUT2D eigenvalue weighted by Crippen LogP contribution is 2.24. The van der Waals surface area contributed by atoms with Gasteiger partial charge in [0.15, 0.2) is 0 Å². The van der Waals surface area contributed by atoms with Crippen LogP contribution in [0.4, 0.5) is 0 Å². The lowest BCUT2D eigenvalue weighted by Gasteiger charge is -2.10. The monoisotopic (exact) mass is 167 g/mol. The summed E-state index contributed by atoms with van der Waals surface area (Å²) in [6, 6.07) is 3.56.